The monoisotopic (exact) mass is 336 g/mol. The highest BCUT2D eigenvalue weighted by molar-refractivity contribution is 5.86. The molecular weight excluding hydrogens is 304 g/mol. The van der Waals surface area contributed by atoms with Crippen LogP contribution in [0, 0.1) is 0 Å². The zero-order valence-corrected chi connectivity index (χ0v) is 15.1. The SMILES string of the molecule is CCCCCCCCCNC(=NC)NCC(=O)NCc1ccco1. The van der Waals surface area contributed by atoms with Gasteiger partial charge in [0.1, 0.15) is 5.76 Å². The van der Waals surface area contributed by atoms with Crippen molar-refractivity contribution in [1.82, 2.24) is 16.0 Å². The molecule has 0 aliphatic rings. The Balaban J connectivity index is 2.02. The molecule has 1 amide bonds. The molecule has 3 N–H and O–H groups in total. The fourth-order valence-electron chi connectivity index (χ4n) is 2.33. The fraction of sp³-hybridized carbons (Fsp3) is 0.667. The van der Waals surface area contributed by atoms with E-state index in [1.165, 1.54) is 38.5 Å². The first kappa shape index (κ1) is 20.1. The van der Waals surface area contributed by atoms with Gasteiger partial charge in [0.2, 0.25) is 5.91 Å². The van der Waals surface area contributed by atoms with Crippen molar-refractivity contribution in [3.8, 4) is 0 Å². The second kappa shape index (κ2) is 13.5. The van der Waals surface area contributed by atoms with Gasteiger partial charge in [-0.05, 0) is 18.6 Å². The Kier molecular flexibility index (Phi) is 11.3. The maximum atomic E-state index is 11.8. The molecule has 1 rings (SSSR count). The maximum Gasteiger partial charge on any atom is 0.239 e. The molecule has 0 aromatic carbocycles. The summed E-state index contributed by atoms with van der Waals surface area (Å²) in [4.78, 5) is 15.9. The van der Waals surface area contributed by atoms with Crippen molar-refractivity contribution >= 4 is 11.9 Å². The molecule has 1 aromatic heterocycles. The number of unbranched alkanes of at least 4 members (excludes halogenated alkanes) is 6. The Morgan fingerprint density at radius 3 is 2.50 bits per heavy atom. The maximum absolute atomic E-state index is 11.8. The molecule has 24 heavy (non-hydrogen) atoms. The number of nitrogens with zero attached hydrogens (tertiary/aromatic N) is 1. The smallest absolute Gasteiger partial charge is 0.239 e. The molecule has 0 fully saturated rings. The van der Waals surface area contributed by atoms with Gasteiger partial charge in [-0.1, -0.05) is 45.4 Å². The number of guanidine groups is 1. The summed E-state index contributed by atoms with van der Waals surface area (Å²) in [5, 5.41) is 9.04. The molecule has 136 valence electrons. The number of furan rings is 1. The Labute approximate surface area is 145 Å². The van der Waals surface area contributed by atoms with Gasteiger partial charge in [-0.15, -0.1) is 0 Å². The summed E-state index contributed by atoms with van der Waals surface area (Å²) in [6.45, 7) is 3.70. The van der Waals surface area contributed by atoms with Crippen LogP contribution in [-0.2, 0) is 11.3 Å². The molecule has 6 heteroatoms. The largest absolute Gasteiger partial charge is 0.467 e. The van der Waals surface area contributed by atoms with Gasteiger partial charge in [0.05, 0.1) is 19.4 Å². The standard InChI is InChI=1S/C18H32N4O2/c1-3-4-5-6-7-8-9-12-20-18(19-2)22-15-17(23)21-14-16-11-10-13-24-16/h10-11,13H,3-9,12,14-15H2,1-2H3,(H,21,23)(H2,19,20,22). The predicted molar refractivity (Wildman–Crippen MR) is 97.9 cm³/mol. The summed E-state index contributed by atoms with van der Waals surface area (Å²) in [7, 11) is 1.71. The van der Waals surface area contributed by atoms with E-state index in [0.29, 0.717) is 12.5 Å². The van der Waals surface area contributed by atoms with Gasteiger partial charge < -0.3 is 20.4 Å². The average Bonchev–Trinajstić information content (AvgIpc) is 3.11. The minimum atomic E-state index is -0.0923. The Morgan fingerprint density at radius 1 is 1.08 bits per heavy atom. The highest BCUT2D eigenvalue weighted by Crippen LogP contribution is 2.06. The molecule has 0 spiro atoms. The minimum Gasteiger partial charge on any atom is -0.467 e. The molecule has 0 aliphatic carbocycles. The van der Waals surface area contributed by atoms with E-state index < -0.39 is 0 Å². The number of carbonyl (C=O) groups excluding carboxylic acids is 1. The van der Waals surface area contributed by atoms with Gasteiger partial charge >= 0.3 is 0 Å². The molecule has 0 radical (unpaired) electrons. The summed E-state index contributed by atoms with van der Waals surface area (Å²) in [6.07, 6.45) is 10.6. The van der Waals surface area contributed by atoms with Gasteiger partial charge in [-0.25, -0.2) is 0 Å². The lowest BCUT2D eigenvalue weighted by molar-refractivity contribution is -0.120. The third-order valence-electron chi connectivity index (χ3n) is 3.75. The third-order valence-corrected chi connectivity index (χ3v) is 3.75. The third kappa shape index (κ3) is 9.92. The molecule has 1 heterocycles. The highest BCUT2D eigenvalue weighted by atomic mass is 16.3. The van der Waals surface area contributed by atoms with Crippen LogP contribution >= 0.6 is 0 Å². The van der Waals surface area contributed by atoms with Crippen LogP contribution in [0.4, 0.5) is 0 Å². The van der Waals surface area contributed by atoms with Gasteiger partial charge in [0.15, 0.2) is 5.96 Å². The van der Waals surface area contributed by atoms with E-state index in [1.54, 1.807) is 19.4 Å². The quantitative estimate of drug-likeness (QED) is 0.311. The first-order valence-corrected chi connectivity index (χ1v) is 8.99. The van der Waals surface area contributed by atoms with E-state index in [0.717, 1.165) is 18.7 Å². The van der Waals surface area contributed by atoms with Crippen molar-refractivity contribution < 1.29 is 9.21 Å². The number of nitrogens with one attached hydrogen (secondary N) is 3. The summed E-state index contributed by atoms with van der Waals surface area (Å²) in [5.74, 6) is 1.31. The second-order valence-corrected chi connectivity index (χ2v) is 5.83. The summed E-state index contributed by atoms with van der Waals surface area (Å²) in [5.41, 5.74) is 0. The first-order valence-electron chi connectivity index (χ1n) is 8.99. The zero-order chi connectivity index (χ0) is 17.5. The van der Waals surface area contributed by atoms with E-state index >= 15 is 0 Å². The lowest BCUT2D eigenvalue weighted by atomic mass is 10.1. The first-order chi connectivity index (χ1) is 11.8. The molecule has 6 nitrogen and oxygen atoms in total. The van der Waals surface area contributed by atoms with Crippen LogP contribution in [0.15, 0.2) is 27.8 Å². The molecule has 1 aromatic rings. The molecule has 0 atom stereocenters. The summed E-state index contributed by atoms with van der Waals surface area (Å²) < 4.78 is 5.17. The highest BCUT2D eigenvalue weighted by Gasteiger charge is 2.04. The number of carbonyl (C=O) groups is 1. The van der Waals surface area contributed by atoms with Gasteiger partial charge in [0, 0.05) is 13.6 Å². The van der Waals surface area contributed by atoms with Crippen LogP contribution in [0.3, 0.4) is 0 Å². The Morgan fingerprint density at radius 2 is 1.83 bits per heavy atom. The van der Waals surface area contributed by atoms with Crippen molar-refractivity contribution in [1.29, 1.82) is 0 Å². The molecular formula is C18H32N4O2. The van der Waals surface area contributed by atoms with Gasteiger partial charge in [-0.2, -0.15) is 0 Å². The van der Waals surface area contributed by atoms with E-state index in [4.69, 9.17) is 4.42 Å². The molecule has 0 bridgehead atoms. The van der Waals surface area contributed by atoms with Crippen molar-refractivity contribution in [3.05, 3.63) is 24.2 Å². The molecule has 0 saturated carbocycles. The van der Waals surface area contributed by atoms with Crippen LogP contribution < -0.4 is 16.0 Å². The number of aliphatic imine (C=N–C) groups is 1. The van der Waals surface area contributed by atoms with Crippen molar-refractivity contribution in [2.24, 2.45) is 4.99 Å². The lowest BCUT2D eigenvalue weighted by Gasteiger charge is -2.11. The van der Waals surface area contributed by atoms with E-state index in [-0.39, 0.29) is 12.5 Å². The van der Waals surface area contributed by atoms with Crippen LogP contribution in [0.1, 0.15) is 57.6 Å². The Bertz CT molecular complexity index is 458. The lowest BCUT2D eigenvalue weighted by Crippen LogP contribution is -2.43. The van der Waals surface area contributed by atoms with Crippen molar-refractivity contribution in [2.45, 2.75) is 58.4 Å². The topological polar surface area (TPSA) is 78.7 Å². The number of rotatable bonds is 12. The van der Waals surface area contributed by atoms with Crippen molar-refractivity contribution in [3.63, 3.8) is 0 Å². The molecule has 0 aliphatic heterocycles. The second-order valence-electron chi connectivity index (χ2n) is 5.83. The average molecular weight is 336 g/mol. The number of hydrogen-bond acceptors (Lipinski definition) is 3. The molecule has 0 unspecified atom stereocenters. The van der Waals surface area contributed by atoms with Crippen LogP contribution in [0.25, 0.3) is 0 Å². The zero-order valence-electron chi connectivity index (χ0n) is 15.1. The molecule has 0 saturated heterocycles. The number of amides is 1. The normalized spacial score (nSPS) is 11.3. The van der Waals surface area contributed by atoms with Gasteiger partial charge in [0.25, 0.3) is 0 Å². The van der Waals surface area contributed by atoms with E-state index in [2.05, 4.69) is 27.9 Å². The van der Waals surface area contributed by atoms with Crippen LogP contribution in [0.5, 0.6) is 0 Å². The predicted octanol–water partition coefficient (Wildman–Crippen LogP) is 2.81. The fourth-order valence-corrected chi connectivity index (χ4v) is 2.33. The summed E-state index contributed by atoms with van der Waals surface area (Å²) in [6, 6.07) is 3.63. The van der Waals surface area contributed by atoms with Crippen molar-refractivity contribution in [2.75, 3.05) is 20.1 Å². The van der Waals surface area contributed by atoms with E-state index in [1.807, 2.05) is 6.07 Å². The van der Waals surface area contributed by atoms with Gasteiger partial charge in [-0.3, -0.25) is 9.79 Å². The van der Waals surface area contributed by atoms with Crippen LogP contribution in [-0.4, -0.2) is 32.0 Å². The Hall–Kier alpha value is -1.98. The minimum absolute atomic E-state index is 0.0923. The van der Waals surface area contributed by atoms with Crippen LogP contribution in [0.2, 0.25) is 0 Å². The van der Waals surface area contributed by atoms with E-state index in [9.17, 15) is 4.79 Å². The number of hydrogen-bond donors (Lipinski definition) is 3. The summed E-state index contributed by atoms with van der Waals surface area (Å²) >= 11 is 0.